The Morgan fingerprint density at radius 3 is 2.93 bits per heavy atom. The summed E-state index contributed by atoms with van der Waals surface area (Å²) in [5.74, 6) is 0. The van der Waals surface area contributed by atoms with Crippen molar-refractivity contribution in [3.05, 3.63) is 30.1 Å². The minimum atomic E-state index is -0.982. The standard InChI is InChI=1S/C11H15FN2O/c1-14-7-9(15-2)10(12)11(14)8-4-3-5-13-6-8/h3-6,9-11H,7H2,1-2H3/t9?,10?,11-/m1/s1. The Labute approximate surface area is 88.9 Å². The molecule has 2 rings (SSSR count). The number of likely N-dealkylation sites (N-methyl/N-ethyl adjacent to an activating group) is 1. The number of pyridine rings is 1. The van der Waals surface area contributed by atoms with E-state index in [-0.39, 0.29) is 12.1 Å². The van der Waals surface area contributed by atoms with Gasteiger partial charge in [0.25, 0.3) is 0 Å². The van der Waals surface area contributed by atoms with Gasteiger partial charge in [-0.15, -0.1) is 0 Å². The minimum absolute atomic E-state index is 0.233. The molecule has 0 saturated carbocycles. The summed E-state index contributed by atoms with van der Waals surface area (Å²) in [6, 6.07) is 3.50. The van der Waals surface area contributed by atoms with E-state index in [9.17, 15) is 4.39 Å². The molecule has 0 bridgehead atoms. The van der Waals surface area contributed by atoms with Crippen LogP contribution in [0.3, 0.4) is 0 Å². The van der Waals surface area contributed by atoms with Crippen molar-refractivity contribution < 1.29 is 9.13 Å². The van der Waals surface area contributed by atoms with E-state index >= 15 is 0 Å². The molecule has 2 heterocycles. The van der Waals surface area contributed by atoms with E-state index in [4.69, 9.17) is 4.74 Å². The van der Waals surface area contributed by atoms with Crippen LogP contribution in [0, 0.1) is 0 Å². The van der Waals surface area contributed by atoms with Gasteiger partial charge in [0.05, 0.1) is 6.04 Å². The lowest BCUT2D eigenvalue weighted by Gasteiger charge is -2.20. The number of alkyl halides is 1. The van der Waals surface area contributed by atoms with Gasteiger partial charge in [-0.2, -0.15) is 0 Å². The van der Waals surface area contributed by atoms with E-state index in [1.807, 2.05) is 24.1 Å². The highest BCUT2D eigenvalue weighted by atomic mass is 19.1. The first-order valence-electron chi connectivity index (χ1n) is 5.01. The van der Waals surface area contributed by atoms with Crippen molar-refractivity contribution in [3.63, 3.8) is 0 Å². The molecule has 15 heavy (non-hydrogen) atoms. The molecule has 3 nitrogen and oxygen atoms in total. The quantitative estimate of drug-likeness (QED) is 0.738. The van der Waals surface area contributed by atoms with E-state index in [2.05, 4.69) is 4.98 Å². The van der Waals surface area contributed by atoms with Crippen molar-refractivity contribution in [3.8, 4) is 0 Å². The Hall–Kier alpha value is -1.00. The van der Waals surface area contributed by atoms with Gasteiger partial charge in [-0.1, -0.05) is 6.07 Å². The predicted octanol–water partition coefficient (Wildman–Crippen LogP) is 1.42. The zero-order valence-electron chi connectivity index (χ0n) is 8.93. The van der Waals surface area contributed by atoms with Crippen LogP contribution in [0.2, 0.25) is 0 Å². The van der Waals surface area contributed by atoms with Crippen molar-refractivity contribution in [2.75, 3.05) is 20.7 Å². The average Bonchev–Trinajstić information content (AvgIpc) is 2.55. The molecule has 0 aliphatic carbocycles. The normalized spacial score (nSPS) is 32.1. The number of rotatable bonds is 2. The number of likely N-dealkylation sites (tertiary alicyclic amines) is 1. The van der Waals surface area contributed by atoms with Gasteiger partial charge < -0.3 is 4.74 Å². The number of methoxy groups -OCH3 is 1. The van der Waals surface area contributed by atoms with Gasteiger partial charge in [0.15, 0.2) is 0 Å². The molecule has 1 fully saturated rings. The second-order valence-electron chi connectivity index (χ2n) is 3.89. The zero-order valence-corrected chi connectivity index (χ0v) is 8.93. The average molecular weight is 210 g/mol. The molecule has 0 spiro atoms. The number of aromatic nitrogens is 1. The summed E-state index contributed by atoms with van der Waals surface area (Å²) in [7, 11) is 3.46. The molecule has 1 aromatic heterocycles. The predicted molar refractivity (Wildman–Crippen MR) is 55.3 cm³/mol. The highest BCUT2D eigenvalue weighted by molar-refractivity contribution is 5.18. The van der Waals surface area contributed by atoms with Gasteiger partial charge in [0.1, 0.15) is 12.3 Å². The van der Waals surface area contributed by atoms with Crippen LogP contribution in [0.15, 0.2) is 24.5 Å². The number of hydrogen-bond acceptors (Lipinski definition) is 3. The van der Waals surface area contributed by atoms with E-state index in [0.717, 1.165) is 5.56 Å². The fourth-order valence-corrected chi connectivity index (χ4v) is 2.14. The monoisotopic (exact) mass is 210 g/mol. The van der Waals surface area contributed by atoms with E-state index in [1.54, 1.807) is 19.5 Å². The molecular weight excluding hydrogens is 195 g/mol. The van der Waals surface area contributed by atoms with Gasteiger partial charge in [0.2, 0.25) is 0 Å². The summed E-state index contributed by atoms with van der Waals surface area (Å²) in [6.07, 6.45) is 2.09. The first-order chi connectivity index (χ1) is 7.24. The van der Waals surface area contributed by atoms with Crippen LogP contribution < -0.4 is 0 Å². The molecule has 3 atom stereocenters. The minimum Gasteiger partial charge on any atom is -0.377 e. The van der Waals surface area contributed by atoms with E-state index in [1.165, 1.54) is 0 Å². The summed E-state index contributed by atoms with van der Waals surface area (Å²) in [4.78, 5) is 5.98. The van der Waals surface area contributed by atoms with Crippen LogP contribution in [-0.2, 0) is 4.74 Å². The lowest BCUT2D eigenvalue weighted by Crippen LogP contribution is -2.23. The maximum absolute atomic E-state index is 14.0. The number of hydrogen-bond donors (Lipinski definition) is 0. The van der Waals surface area contributed by atoms with Crippen LogP contribution >= 0.6 is 0 Å². The Bertz CT molecular complexity index is 320. The van der Waals surface area contributed by atoms with Crippen LogP contribution in [0.1, 0.15) is 11.6 Å². The van der Waals surface area contributed by atoms with Gasteiger partial charge in [-0.05, 0) is 18.7 Å². The van der Waals surface area contributed by atoms with Crippen LogP contribution in [-0.4, -0.2) is 42.9 Å². The molecule has 82 valence electrons. The summed E-state index contributed by atoms with van der Waals surface area (Å²) < 4.78 is 19.1. The van der Waals surface area contributed by atoms with Gasteiger partial charge in [0, 0.05) is 26.0 Å². The van der Waals surface area contributed by atoms with Gasteiger partial charge >= 0.3 is 0 Å². The number of halogens is 1. The molecule has 0 N–H and O–H groups in total. The number of nitrogens with zero attached hydrogens (tertiary/aromatic N) is 2. The molecule has 4 heteroatoms. The third-order valence-corrected chi connectivity index (χ3v) is 2.93. The Morgan fingerprint density at radius 2 is 2.40 bits per heavy atom. The lowest BCUT2D eigenvalue weighted by atomic mass is 10.0. The fraction of sp³-hybridized carbons (Fsp3) is 0.545. The molecule has 1 aromatic rings. The Kier molecular flexibility index (Phi) is 2.98. The van der Waals surface area contributed by atoms with Crippen molar-refractivity contribution in [1.29, 1.82) is 0 Å². The lowest BCUT2D eigenvalue weighted by molar-refractivity contribution is 0.0560. The second kappa shape index (κ2) is 4.24. The fourth-order valence-electron chi connectivity index (χ4n) is 2.14. The summed E-state index contributed by atoms with van der Waals surface area (Å²) in [6.45, 7) is 0.622. The third kappa shape index (κ3) is 1.87. The molecular formula is C11H15FN2O. The summed E-state index contributed by atoms with van der Waals surface area (Å²) in [5, 5.41) is 0. The highest BCUT2D eigenvalue weighted by Crippen LogP contribution is 2.33. The molecule has 1 aliphatic rings. The molecule has 1 aliphatic heterocycles. The Morgan fingerprint density at radius 1 is 1.60 bits per heavy atom. The van der Waals surface area contributed by atoms with Gasteiger partial charge in [-0.3, -0.25) is 9.88 Å². The van der Waals surface area contributed by atoms with E-state index < -0.39 is 6.17 Å². The topological polar surface area (TPSA) is 25.4 Å². The first-order valence-corrected chi connectivity index (χ1v) is 5.01. The third-order valence-electron chi connectivity index (χ3n) is 2.93. The van der Waals surface area contributed by atoms with Gasteiger partial charge in [-0.25, -0.2) is 4.39 Å². The second-order valence-corrected chi connectivity index (χ2v) is 3.89. The first kappa shape index (κ1) is 10.5. The van der Waals surface area contributed by atoms with Crippen molar-refractivity contribution in [2.24, 2.45) is 0 Å². The summed E-state index contributed by atoms with van der Waals surface area (Å²) >= 11 is 0. The zero-order chi connectivity index (χ0) is 10.8. The largest absolute Gasteiger partial charge is 0.377 e. The Balaban J connectivity index is 2.23. The molecule has 2 unspecified atom stereocenters. The van der Waals surface area contributed by atoms with Crippen LogP contribution in [0.25, 0.3) is 0 Å². The van der Waals surface area contributed by atoms with E-state index in [0.29, 0.717) is 6.54 Å². The highest BCUT2D eigenvalue weighted by Gasteiger charge is 2.41. The van der Waals surface area contributed by atoms with Crippen molar-refractivity contribution >= 4 is 0 Å². The SMILES string of the molecule is COC1CN(C)[C@H](c2cccnc2)C1F. The molecule has 1 saturated heterocycles. The molecule has 0 radical (unpaired) electrons. The van der Waals surface area contributed by atoms with Crippen molar-refractivity contribution in [2.45, 2.75) is 18.3 Å². The maximum Gasteiger partial charge on any atom is 0.147 e. The maximum atomic E-state index is 14.0. The van der Waals surface area contributed by atoms with Crippen LogP contribution in [0.4, 0.5) is 4.39 Å². The van der Waals surface area contributed by atoms with Crippen molar-refractivity contribution in [1.82, 2.24) is 9.88 Å². The summed E-state index contributed by atoms with van der Waals surface area (Å²) in [5.41, 5.74) is 0.909. The molecule has 0 aromatic carbocycles. The molecule has 0 amide bonds. The van der Waals surface area contributed by atoms with Crippen LogP contribution in [0.5, 0.6) is 0 Å². The number of ether oxygens (including phenoxy) is 1. The smallest absolute Gasteiger partial charge is 0.147 e.